The van der Waals surface area contributed by atoms with Gasteiger partial charge in [0.2, 0.25) is 0 Å². The zero-order chi connectivity index (χ0) is 23.3. The highest BCUT2D eigenvalue weighted by molar-refractivity contribution is 5.78. The molecular formula is C23H30N2O6. The molecule has 0 fully saturated rings. The molecule has 0 aromatic heterocycles. The van der Waals surface area contributed by atoms with Gasteiger partial charge < -0.3 is 19.5 Å². The molecule has 1 N–H and O–H groups in total. The lowest BCUT2D eigenvalue weighted by atomic mass is 10.1. The molecule has 0 aliphatic rings. The molecule has 31 heavy (non-hydrogen) atoms. The molecule has 0 bridgehead atoms. The molecule has 168 valence electrons. The summed E-state index contributed by atoms with van der Waals surface area (Å²) >= 11 is 0. The van der Waals surface area contributed by atoms with Crippen molar-refractivity contribution in [3.63, 3.8) is 0 Å². The van der Waals surface area contributed by atoms with Crippen molar-refractivity contribution in [1.82, 2.24) is 5.32 Å². The SMILES string of the molecule is COc1cccc(CC(C)OC(=O)CNC(=O)OC(C)(C)C)c1.O=Nc1ccccc1. The van der Waals surface area contributed by atoms with E-state index in [1.165, 1.54) is 0 Å². The highest BCUT2D eigenvalue weighted by atomic mass is 16.6. The number of esters is 1. The first-order chi connectivity index (χ1) is 14.6. The average molecular weight is 431 g/mol. The highest BCUT2D eigenvalue weighted by Crippen LogP contribution is 2.15. The van der Waals surface area contributed by atoms with E-state index in [1.54, 1.807) is 59.1 Å². The molecule has 0 saturated heterocycles. The van der Waals surface area contributed by atoms with Crippen LogP contribution in [0.4, 0.5) is 10.5 Å². The molecule has 0 heterocycles. The Kier molecular flexibility index (Phi) is 10.7. The van der Waals surface area contributed by atoms with E-state index in [-0.39, 0.29) is 12.6 Å². The Labute approximate surface area is 182 Å². The molecule has 0 spiro atoms. The number of nitrogens with zero attached hydrogens (tertiary/aromatic N) is 1. The van der Waals surface area contributed by atoms with Crippen LogP contribution in [0.15, 0.2) is 59.8 Å². The molecule has 8 heteroatoms. The van der Waals surface area contributed by atoms with Crippen LogP contribution in [0.25, 0.3) is 0 Å². The van der Waals surface area contributed by atoms with E-state index in [1.807, 2.05) is 30.3 Å². The minimum Gasteiger partial charge on any atom is -0.497 e. The Morgan fingerprint density at radius 2 is 1.74 bits per heavy atom. The average Bonchev–Trinajstić information content (AvgIpc) is 2.72. The van der Waals surface area contributed by atoms with Crippen molar-refractivity contribution in [3.05, 3.63) is 65.1 Å². The zero-order valence-electron chi connectivity index (χ0n) is 18.6. The van der Waals surface area contributed by atoms with Crippen LogP contribution in [0.2, 0.25) is 0 Å². The molecule has 1 amide bonds. The van der Waals surface area contributed by atoms with E-state index in [9.17, 15) is 14.5 Å². The Bertz CT molecular complexity index is 833. The number of hydrogen-bond acceptors (Lipinski definition) is 7. The third kappa shape index (κ3) is 12.0. The van der Waals surface area contributed by atoms with E-state index in [2.05, 4.69) is 10.5 Å². The normalized spacial score (nSPS) is 11.3. The predicted octanol–water partition coefficient (Wildman–Crippen LogP) is 4.78. The van der Waals surface area contributed by atoms with Crippen LogP contribution in [0.5, 0.6) is 5.75 Å². The molecule has 2 rings (SSSR count). The van der Waals surface area contributed by atoms with Gasteiger partial charge in [-0.25, -0.2) is 4.79 Å². The van der Waals surface area contributed by atoms with E-state index in [0.29, 0.717) is 12.1 Å². The first-order valence-electron chi connectivity index (χ1n) is 9.80. The first-order valence-corrected chi connectivity index (χ1v) is 9.80. The predicted molar refractivity (Wildman–Crippen MR) is 118 cm³/mol. The maximum absolute atomic E-state index is 11.7. The number of carbonyl (C=O) groups is 2. The van der Waals surface area contributed by atoms with Crippen molar-refractivity contribution < 1.29 is 23.8 Å². The van der Waals surface area contributed by atoms with Gasteiger partial charge in [0.15, 0.2) is 0 Å². The van der Waals surface area contributed by atoms with Crippen molar-refractivity contribution in [1.29, 1.82) is 0 Å². The van der Waals surface area contributed by atoms with Crippen LogP contribution in [-0.2, 0) is 20.7 Å². The monoisotopic (exact) mass is 430 g/mol. The smallest absolute Gasteiger partial charge is 0.408 e. The summed E-state index contributed by atoms with van der Waals surface area (Å²) in [7, 11) is 1.60. The number of methoxy groups -OCH3 is 1. The lowest BCUT2D eigenvalue weighted by Crippen LogP contribution is -2.36. The summed E-state index contributed by atoms with van der Waals surface area (Å²) in [6.45, 7) is 6.82. The number of rotatable bonds is 7. The van der Waals surface area contributed by atoms with Crippen molar-refractivity contribution in [3.8, 4) is 5.75 Å². The van der Waals surface area contributed by atoms with E-state index in [4.69, 9.17) is 14.2 Å². The van der Waals surface area contributed by atoms with Crippen molar-refractivity contribution in [2.45, 2.75) is 45.8 Å². The van der Waals surface area contributed by atoms with Crippen molar-refractivity contribution in [2.75, 3.05) is 13.7 Å². The summed E-state index contributed by atoms with van der Waals surface area (Å²) in [5, 5.41) is 5.09. The number of nitrogens with one attached hydrogen (secondary N) is 1. The van der Waals surface area contributed by atoms with Crippen LogP contribution in [-0.4, -0.2) is 37.4 Å². The molecule has 0 saturated carbocycles. The van der Waals surface area contributed by atoms with Crippen LogP contribution in [0.3, 0.4) is 0 Å². The summed E-state index contributed by atoms with van der Waals surface area (Å²) in [5.74, 6) is 0.249. The number of benzene rings is 2. The third-order valence-corrected chi connectivity index (χ3v) is 3.63. The second-order valence-corrected chi connectivity index (χ2v) is 7.64. The molecule has 8 nitrogen and oxygen atoms in total. The Balaban J connectivity index is 0.000000500. The highest BCUT2D eigenvalue weighted by Gasteiger charge is 2.17. The molecule has 1 atom stereocenters. The van der Waals surface area contributed by atoms with Gasteiger partial charge in [0.05, 0.1) is 7.11 Å². The van der Waals surface area contributed by atoms with Gasteiger partial charge in [-0.3, -0.25) is 4.79 Å². The summed E-state index contributed by atoms with van der Waals surface area (Å²) < 4.78 is 15.5. The minimum atomic E-state index is -0.644. The standard InChI is InChI=1S/C17H25NO5.C6H5NO/c1-12(9-13-7-6-8-14(10-13)21-5)22-15(19)11-18-16(20)23-17(2,3)4;8-7-6-4-2-1-3-5-6/h6-8,10,12H,9,11H2,1-5H3,(H,18,20);1-5H. The third-order valence-electron chi connectivity index (χ3n) is 3.63. The minimum absolute atomic E-state index is 0.225. The van der Waals surface area contributed by atoms with Gasteiger partial charge >= 0.3 is 12.1 Å². The van der Waals surface area contributed by atoms with Crippen LogP contribution in [0, 0.1) is 4.91 Å². The Hall–Kier alpha value is -3.42. The van der Waals surface area contributed by atoms with Crippen molar-refractivity contribution in [2.24, 2.45) is 5.18 Å². The Morgan fingerprint density at radius 1 is 1.06 bits per heavy atom. The maximum atomic E-state index is 11.7. The fourth-order valence-electron chi connectivity index (χ4n) is 2.39. The van der Waals surface area contributed by atoms with Gasteiger partial charge in [0, 0.05) is 6.42 Å². The summed E-state index contributed by atoms with van der Waals surface area (Å²) in [4.78, 5) is 32.9. The van der Waals surface area contributed by atoms with Crippen LogP contribution in [0.1, 0.15) is 33.3 Å². The zero-order valence-corrected chi connectivity index (χ0v) is 18.6. The van der Waals surface area contributed by atoms with Gasteiger partial charge in [-0.15, -0.1) is 4.91 Å². The number of nitroso groups, excluding NO2 is 1. The lowest BCUT2D eigenvalue weighted by molar-refractivity contribution is -0.147. The number of amides is 1. The number of alkyl carbamates (subject to hydrolysis) is 1. The summed E-state index contributed by atoms with van der Waals surface area (Å²) in [6.07, 6.45) is -0.389. The molecule has 1 unspecified atom stereocenters. The first kappa shape index (κ1) is 25.6. The number of ether oxygens (including phenoxy) is 3. The molecule has 0 radical (unpaired) electrons. The molecule has 2 aromatic rings. The Morgan fingerprint density at radius 3 is 2.29 bits per heavy atom. The van der Waals surface area contributed by atoms with Gasteiger partial charge in [-0.05, 0) is 62.7 Å². The molecule has 0 aliphatic heterocycles. The van der Waals surface area contributed by atoms with Gasteiger partial charge in [0.25, 0.3) is 0 Å². The van der Waals surface area contributed by atoms with E-state index in [0.717, 1.165) is 11.3 Å². The van der Waals surface area contributed by atoms with Crippen molar-refractivity contribution >= 4 is 17.7 Å². The largest absolute Gasteiger partial charge is 0.497 e. The second-order valence-electron chi connectivity index (χ2n) is 7.64. The number of carbonyl (C=O) groups excluding carboxylic acids is 2. The topological polar surface area (TPSA) is 103 Å². The van der Waals surface area contributed by atoms with E-state index >= 15 is 0 Å². The fourth-order valence-corrected chi connectivity index (χ4v) is 2.39. The van der Waals surface area contributed by atoms with Gasteiger partial charge in [-0.1, -0.05) is 30.3 Å². The summed E-state index contributed by atoms with van der Waals surface area (Å²) in [6, 6.07) is 16.3. The summed E-state index contributed by atoms with van der Waals surface area (Å²) in [5.41, 5.74) is 0.880. The second kappa shape index (κ2) is 13.0. The molecule has 2 aromatic carbocycles. The maximum Gasteiger partial charge on any atom is 0.408 e. The molecule has 0 aliphatic carbocycles. The van der Waals surface area contributed by atoms with Crippen LogP contribution < -0.4 is 10.1 Å². The van der Waals surface area contributed by atoms with Crippen LogP contribution >= 0.6 is 0 Å². The fraction of sp³-hybridized carbons (Fsp3) is 0.391. The lowest BCUT2D eigenvalue weighted by Gasteiger charge is -2.20. The number of hydrogen-bond donors (Lipinski definition) is 1. The quantitative estimate of drug-likeness (QED) is 0.501. The van der Waals surface area contributed by atoms with Gasteiger partial charge in [-0.2, -0.15) is 0 Å². The van der Waals surface area contributed by atoms with Gasteiger partial charge in [0.1, 0.15) is 29.7 Å². The van der Waals surface area contributed by atoms with E-state index < -0.39 is 17.7 Å². The molecular weight excluding hydrogens is 400 g/mol.